The molecule has 1 unspecified atom stereocenters. The van der Waals surface area contributed by atoms with Gasteiger partial charge in [-0.25, -0.2) is 8.78 Å². The molecule has 37 heavy (non-hydrogen) atoms. The molecule has 2 aromatic carbocycles. The Labute approximate surface area is 212 Å². The quantitative estimate of drug-likeness (QED) is 0.401. The second-order valence-electron chi connectivity index (χ2n) is 9.46. The topological polar surface area (TPSA) is 106 Å². The number of para-hydroxylation sites is 1. The van der Waals surface area contributed by atoms with Crippen molar-refractivity contribution < 1.29 is 22.8 Å². The summed E-state index contributed by atoms with van der Waals surface area (Å²) in [7, 11) is 0. The van der Waals surface area contributed by atoms with E-state index in [1.54, 1.807) is 45.9 Å². The van der Waals surface area contributed by atoms with E-state index in [9.17, 15) is 14.0 Å². The third-order valence-electron chi connectivity index (χ3n) is 5.25. The number of hydrogen-bond acceptors (Lipinski definition) is 6. The van der Waals surface area contributed by atoms with Crippen LogP contribution in [0.3, 0.4) is 0 Å². The predicted molar refractivity (Wildman–Crippen MR) is 131 cm³/mol. The number of aryl methyl sites for hydroxylation is 1. The second-order valence-corrected chi connectivity index (χ2v) is 9.46. The molecule has 192 valence electrons. The molecule has 0 fully saturated rings. The number of benzene rings is 2. The Bertz CT molecular complexity index is 1410. The summed E-state index contributed by atoms with van der Waals surface area (Å²) in [6, 6.07) is 13.0. The number of rotatable bonds is 7. The van der Waals surface area contributed by atoms with Gasteiger partial charge < -0.3 is 9.73 Å². The van der Waals surface area contributed by atoms with E-state index in [1.807, 2.05) is 0 Å². The highest BCUT2D eigenvalue weighted by Gasteiger charge is 2.38. The van der Waals surface area contributed by atoms with Crippen LogP contribution in [0.4, 0.5) is 14.5 Å². The minimum Gasteiger partial charge on any atom is -0.464 e. The van der Waals surface area contributed by atoms with Crippen LogP contribution in [0.5, 0.6) is 0 Å². The lowest BCUT2D eigenvalue weighted by Gasteiger charge is -2.32. The molecule has 0 spiro atoms. The van der Waals surface area contributed by atoms with Crippen LogP contribution in [0.2, 0.25) is 0 Å². The SMILES string of the molecule is Cc1ccc(C(C(=O)NC(C)(C)C)N(C(=O)Cn2nnc(-c3ccc(F)cc3)n2)c2ccccc2F)o1. The Morgan fingerprint density at radius 1 is 1.05 bits per heavy atom. The Morgan fingerprint density at radius 3 is 2.38 bits per heavy atom. The van der Waals surface area contributed by atoms with Gasteiger partial charge in [0.2, 0.25) is 5.82 Å². The van der Waals surface area contributed by atoms with Gasteiger partial charge in [-0.2, -0.15) is 4.80 Å². The molecule has 1 atom stereocenters. The zero-order valence-corrected chi connectivity index (χ0v) is 20.8. The molecule has 0 radical (unpaired) electrons. The van der Waals surface area contributed by atoms with Crippen molar-refractivity contribution in [1.82, 2.24) is 25.5 Å². The minimum atomic E-state index is -1.32. The first kappa shape index (κ1) is 25.7. The highest BCUT2D eigenvalue weighted by Crippen LogP contribution is 2.32. The average molecular weight is 509 g/mol. The van der Waals surface area contributed by atoms with Crippen molar-refractivity contribution >= 4 is 17.5 Å². The Balaban J connectivity index is 1.73. The van der Waals surface area contributed by atoms with Crippen molar-refractivity contribution in [3.05, 3.63) is 83.8 Å². The standard InChI is InChI=1S/C26H26F2N6O3/c1-16-9-14-21(37-16)23(25(36)29-26(2,3)4)34(20-8-6-5-7-19(20)28)22(35)15-33-31-24(30-32-33)17-10-12-18(27)13-11-17/h5-14,23H,15H2,1-4H3,(H,29,36). The molecule has 4 rings (SSSR count). The van der Waals surface area contributed by atoms with Crippen LogP contribution in [0.1, 0.15) is 38.3 Å². The maximum Gasteiger partial charge on any atom is 0.251 e. The van der Waals surface area contributed by atoms with Gasteiger partial charge in [-0.1, -0.05) is 12.1 Å². The molecule has 4 aromatic rings. The lowest BCUT2D eigenvalue weighted by molar-refractivity contribution is -0.128. The van der Waals surface area contributed by atoms with Crippen molar-refractivity contribution in [2.24, 2.45) is 0 Å². The van der Waals surface area contributed by atoms with Crippen LogP contribution >= 0.6 is 0 Å². The summed E-state index contributed by atoms with van der Waals surface area (Å²) in [4.78, 5) is 29.3. The number of amides is 2. The van der Waals surface area contributed by atoms with Gasteiger partial charge in [0, 0.05) is 11.1 Å². The fourth-order valence-electron chi connectivity index (χ4n) is 3.70. The lowest BCUT2D eigenvalue weighted by Crippen LogP contribution is -2.50. The maximum absolute atomic E-state index is 15.0. The van der Waals surface area contributed by atoms with Crippen molar-refractivity contribution in [2.45, 2.75) is 45.8 Å². The first-order valence-corrected chi connectivity index (χ1v) is 11.5. The van der Waals surface area contributed by atoms with Crippen LogP contribution in [-0.4, -0.2) is 37.6 Å². The summed E-state index contributed by atoms with van der Waals surface area (Å²) < 4.78 is 34.0. The Kier molecular flexibility index (Phi) is 7.14. The molecule has 11 heteroatoms. The summed E-state index contributed by atoms with van der Waals surface area (Å²) in [5, 5.41) is 14.9. The number of halogens is 2. The second kappa shape index (κ2) is 10.3. The molecular formula is C26H26F2N6O3. The van der Waals surface area contributed by atoms with Crippen LogP contribution in [-0.2, 0) is 16.1 Å². The van der Waals surface area contributed by atoms with Gasteiger partial charge in [-0.05, 0) is 81.4 Å². The van der Waals surface area contributed by atoms with Gasteiger partial charge in [0.15, 0.2) is 6.04 Å². The molecule has 0 saturated heterocycles. The van der Waals surface area contributed by atoms with Crippen molar-refractivity contribution in [2.75, 3.05) is 4.90 Å². The lowest BCUT2D eigenvalue weighted by atomic mass is 10.1. The first-order valence-electron chi connectivity index (χ1n) is 11.5. The van der Waals surface area contributed by atoms with E-state index in [1.165, 1.54) is 42.5 Å². The zero-order chi connectivity index (χ0) is 26.7. The van der Waals surface area contributed by atoms with E-state index in [0.717, 1.165) is 9.70 Å². The molecule has 0 aliphatic heterocycles. The number of carbonyl (C=O) groups is 2. The number of furan rings is 1. The number of hydrogen-bond donors (Lipinski definition) is 1. The maximum atomic E-state index is 15.0. The fourth-order valence-corrected chi connectivity index (χ4v) is 3.70. The van der Waals surface area contributed by atoms with E-state index in [2.05, 4.69) is 20.7 Å². The summed E-state index contributed by atoms with van der Waals surface area (Å²) in [6.07, 6.45) is 0. The number of carbonyl (C=O) groups excluding carboxylic acids is 2. The number of aromatic nitrogens is 4. The average Bonchev–Trinajstić information content (AvgIpc) is 3.46. The predicted octanol–water partition coefficient (Wildman–Crippen LogP) is 4.21. The van der Waals surface area contributed by atoms with Crippen molar-refractivity contribution in [1.29, 1.82) is 0 Å². The van der Waals surface area contributed by atoms with Crippen LogP contribution in [0.15, 0.2) is 65.1 Å². The smallest absolute Gasteiger partial charge is 0.251 e. The van der Waals surface area contributed by atoms with Crippen LogP contribution in [0, 0.1) is 18.6 Å². The van der Waals surface area contributed by atoms with Gasteiger partial charge in [0.25, 0.3) is 11.8 Å². The molecule has 0 saturated carbocycles. The first-order chi connectivity index (χ1) is 17.5. The van der Waals surface area contributed by atoms with E-state index in [0.29, 0.717) is 11.3 Å². The van der Waals surface area contributed by atoms with Crippen LogP contribution in [0.25, 0.3) is 11.4 Å². The summed E-state index contributed by atoms with van der Waals surface area (Å²) in [6.45, 7) is 6.62. The molecule has 0 bridgehead atoms. The van der Waals surface area contributed by atoms with E-state index >= 15 is 4.39 Å². The summed E-state index contributed by atoms with van der Waals surface area (Å²) in [5.41, 5.74) is -0.257. The number of nitrogens with one attached hydrogen (secondary N) is 1. The normalized spacial score (nSPS) is 12.3. The van der Waals surface area contributed by atoms with Gasteiger partial charge in [-0.3, -0.25) is 14.5 Å². The minimum absolute atomic E-state index is 0.116. The molecule has 2 heterocycles. The third-order valence-corrected chi connectivity index (χ3v) is 5.25. The largest absolute Gasteiger partial charge is 0.464 e. The van der Waals surface area contributed by atoms with Crippen molar-refractivity contribution in [3.63, 3.8) is 0 Å². The van der Waals surface area contributed by atoms with E-state index in [4.69, 9.17) is 4.42 Å². The number of anilines is 1. The molecule has 0 aliphatic carbocycles. The molecule has 9 nitrogen and oxygen atoms in total. The van der Waals surface area contributed by atoms with E-state index in [-0.39, 0.29) is 17.3 Å². The zero-order valence-electron chi connectivity index (χ0n) is 20.8. The number of nitrogens with zero attached hydrogens (tertiary/aromatic N) is 5. The third kappa shape index (κ3) is 6.05. The van der Waals surface area contributed by atoms with E-state index < -0.39 is 41.6 Å². The van der Waals surface area contributed by atoms with Gasteiger partial charge in [0.05, 0.1) is 5.69 Å². The Morgan fingerprint density at radius 2 is 1.76 bits per heavy atom. The van der Waals surface area contributed by atoms with Gasteiger partial charge >= 0.3 is 0 Å². The molecule has 2 amide bonds. The summed E-state index contributed by atoms with van der Waals surface area (Å²) in [5.74, 6) is -1.51. The molecule has 0 aliphatic rings. The van der Waals surface area contributed by atoms with Crippen LogP contribution < -0.4 is 10.2 Å². The van der Waals surface area contributed by atoms with Gasteiger partial charge in [0.1, 0.15) is 29.7 Å². The highest BCUT2D eigenvalue weighted by atomic mass is 19.1. The van der Waals surface area contributed by atoms with Crippen molar-refractivity contribution in [3.8, 4) is 11.4 Å². The molecule has 2 aromatic heterocycles. The number of tetrazole rings is 1. The Hall–Kier alpha value is -4.41. The highest BCUT2D eigenvalue weighted by molar-refractivity contribution is 6.01. The molecular weight excluding hydrogens is 482 g/mol. The van der Waals surface area contributed by atoms with Gasteiger partial charge in [-0.15, -0.1) is 10.2 Å². The summed E-state index contributed by atoms with van der Waals surface area (Å²) >= 11 is 0. The molecule has 1 N–H and O–H groups in total. The fraction of sp³-hybridized carbons (Fsp3) is 0.269. The monoisotopic (exact) mass is 508 g/mol.